The van der Waals surface area contributed by atoms with Crippen LogP contribution in [0.25, 0.3) is 0 Å². The summed E-state index contributed by atoms with van der Waals surface area (Å²) in [6.07, 6.45) is 82.1. The quantitative estimate of drug-likeness (QED) is 0.0420. The van der Waals surface area contributed by atoms with Crippen LogP contribution in [0.1, 0.15) is 367 Å². The maximum atomic E-state index is 12.5. The van der Waals surface area contributed by atoms with Crippen LogP contribution in [0, 0.1) is 0 Å². The number of allylic oxidation sites excluding steroid dienone is 4. The lowest BCUT2D eigenvalue weighted by Gasteiger charge is -2.22. The van der Waals surface area contributed by atoms with Crippen LogP contribution in [-0.2, 0) is 4.79 Å². The van der Waals surface area contributed by atoms with Crippen LogP contribution in [0.15, 0.2) is 24.3 Å². The molecular formula is C65H127NO3. The maximum Gasteiger partial charge on any atom is 0.220 e. The summed E-state index contributed by atoms with van der Waals surface area (Å²) in [6, 6.07) is -0.535. The minimum absolute atomic E-state index is 0.0240. The zero-order chi connectivity index (χ0) is 49.9. The minimum Gasteiger partial charge on any atom is -0.394 e. The van der Waals surface area contributed by atoms with Gasteiger partial charge in [-0.25, -0.2) is 0 Å². The molecule has 69 heavy (non-hydrogen) atoms. The Kier molecular flexibility index (Phi) is 60.2. The van der Waals surface area contributed by atoms with Crippen LogP contribution < -0.4 is 5.32 Å². The van der Waals surface area contributed by atoms with Gasteiger partial charge < -0.3 is 15.5 Å². The van der Waals surface area contributed by atoms with Gasteiger partial charge in [-0.15, -0.1) is 0 Å². The predicted molar refractivity (Wildman–Crippen MR) is 309 cm³/mol. The highest BCUT2D eigenvalue weighted by Crippen LogP contribution is 2.19. The number of aliphatic hydroxyl groups excluding tert-OH is 2. The summed E-state index contributed by atoms with van der Waals surface area (Å²) >= 11 is 0. The number of hydrogen-bond donors (Lipinski definition) is 3. The SMILES string of the molecule is CCCCCCCCCCCCC/C=C\C/C=C\CCCCCCCCCCCCCCCCCCCC(=O)NC(CO)C(O)CCCCCCCCCCCCCCCCCCCCCCCC. The van der Waals surface area contributed by atoms with Gasteiger partial charge in [0.15, 0.2) is 0 Å². The Balaban J connectivity index is 3.40. The molecule has 1 amide bonds. The summed E-state index contributed by atoms with van der Waals surface area (Å²) in [6.45, 7) is 4.40. The summed E-state index contributed by atoms with van der Waals surface area (Å²) < 4.78 is 0. The smallest absolute Gasteiger partial charge is 0.220 e. The molecule has 0 aromatic heterocycles. The number of unbranched alkanes of at least 4 members (excludes halogenated alkanes) is 49. The van der Waals surface area contributed by atoms with E-state index in [-0.39, 0.29) is 12.5 Å². The second-order valence-electron chi connectivity index (χ2n) is 22.2. The maximum absolute atomic E-state index is 12.5. The molecule has 0 aliphatic rings. The molecule has 0 bridgehead atoms. The van der Waals surface area contributed by atoms with Crippen molar-refractivity contribution in [2.24, 2.45) is 0 Å². The summed E-state index contributed by atoms with van der Waals surface area (Å²) in [5.74, 6) is -0.0240. The van der Waals surface area contributed by atoms with Crippen LogP contribution in [0.3, 0.4) is 0 Å². The summed E-state index contributed by atoms with van der Waals surface area (Å²) in [7, 11) is 0. The molecule has 410 valence electrons. The lowest BCUT2D eigenvalue weighted by Crippen LogP contribution is -2.45. The van der Waals surface area contributed by atoms with Crippen molar-refractivity contribution in [1.82, 2.24) is 5.32 Å². The predicted octanol–water partition coefficient (Wildman–Crippen LogP) is 21.4. The van der Waals surface area contributed by atoms with Crippen molar-refractivity contribution in [1.29, 1.82) is 0 Å². The van der Waals surface area contributed by atoms with E-state index < -0.39 is 12.1 Å². The molecule has 2 unspecified atom stereocenters. The van der Waals surface area contributed by atoms with Crippen LogP contribution in [0.4, 0.5) is 0 Å². The normalized spacial score (nSPS) is 12.8. The van der Waals surface area contributed by atoms with Crippen molar-refractivity contribution in [2.45, 2.75) is 379 Å². The van der Waals surface area contributed by atoms with E-state index in [1.165, 1.54) is 308 Å². The first kappa shape index (κ1) is 67.9. The van der Waals surface area contributed by atoms with Crippen molar-refractivity contribution in [3.63, 3.8) is 0 Å². The highest BCUT2D eigenvalue weighted by molar-refractivity contribution is 5.76. The first-order valence-electron chi connectivity index (χ1n) is 32.0. The average molecular weight is 971 g/mol. The van der Waals surface area contributed by atoms with Gasteiger partial charge in [-0.3, -0.25) is 4.79 Å². The van der Waals surface area contributed by atoms with Gasteiger partial charge >= 0.3 is 0 Å². The van der Waals surface area contributed by atoms with E-state index in [1.807, 2.05) is 0 Å². The highest BCUT2D eigenvalue weighted by Gasteiger charge is 2.20. The van der Waals surface area contributed by atoms with Crippen molar-refractivity contribution in [3.05, 3.63) is 24.3 Å². The first-order valence-corrected chi connectivity index (χ1v) is 32.0. The minimum atomic E-state index is -0.659. The molecule has 0 aromatic carbocycles. The largest absolute Gasteiger partial charge is 0.394 e. The Labute approximate surface area is 434 Å². The number of carbonyl (C=O) groups excluding carboxylic acids is 1. The van der Waals surface area contributed by atoms with Gasteiger partial charge in [-0.2, -0.15) is 0 Å². The molecule has 4 nitrogen and oxygen atoms in total. The third-order valence-corrected chi connectivity index (χ3v) is 15.2. The van der Waals surface area contributed by atoms with Gasteiger partial charge in [0, 0.05) is 6.42 Å². The Morgan fingerprint density at radius 3 is 0.870 bits per heavy atom. The Bertz CT molecular complexity index is 1010. The number of carbonyl (C=O) groups is 1. The van der Waals surface area contributed by atoms with Gasteiger partial charge in [0.25, 0.3) is 0 Å². The zero-order valence-electron chi connectivity index (χ0n) is 47.4. The van der Waals surface area contributed by atoms with Gasteiger partial charge in [0.05, 0.1) is 18.8 Å². The number of nitrogens with one attached hydrogen (secondary N) is 1. The van der Waals surface area contributed by atoms with Gasteiger partial charge in [0.2, 0.25) is 5.91 Å². The number of hydrogen-bond acceptors (Lipinski definition) is 3. The lowest BCUT2D eigenvalue weighted by molar-refractivity contribution is -0.123. The van der Waals surface area contributed by atoms with Crippen LogP contribution >= 0.6 is 0 Å². The molecule has 0 aliphatic carbocycles. The molecule has 0 rings (SSSR count). The summed E-state index contributed by atoms with van der Waals surface area (Å²) in [5, 5.41) is 23.4. The molecule has 0 spiro atoms. The molecule has 0 aliphatic heterocycles. The molecule has 2 atom stereocenters. The molecular weight excluding hydrogens is 843 g/mol. The first-order chi connectivity index (χ1) is 34.2. The number of rotatable bonds is 60. The van der Waals surface area contributed by atoms with E-state index >= 15 is 0 Å². The number of amides is 1. The second kappa shape index (κ2) is 61.2. The second-order valence-corrected chi connectivity index (χ2v) is 22.2. The Morgan fingerprint density at radius 1 is 0.348 bits per heavy atom. The van der Waals surface area contributed by atoms with E-state index in [4.69, 9.17) is 0 Å². The molecule has 0 saturated carbocycles. The van der Waals surface area contributed by atoms with Crippen molar-refractivity contribution in [3.8, 4) is 0 Å². The van der Waals surface area contributed by atoms with Crippen LogP contribution in [0.2, 0.25) is 0 Å². The zero-order valence-corrected chi connectivity index (χ0v) is 47.4. The van der Waals surface area contributed by atoms with E-state index in [0.717, 1.165) is 32.1 Å². The standard InChI is InChI=1S/C65H127NO3/c1-3-5-7-9-11-13-15-17-19-21-23-25-27-28-29-30-31-32-33-34-35-36-37-38-39-41-43-45-47-49-51-53-55-57-59-61-65(69)66-63(62-67)64(68)60-58-56-54-52-50-48-46-44-42-40-26-24-22-20-18-16-14-12-10-8-6-4-2/h27-28,30-31,63-64,67-68H,3-26,29,32-62H2,1-2H3,(H,66,69)/b28-27-,31-30-. The molecule has 0 radical (unpaired) electrons. The number of aliphatic hydroxyl groups is 2. The Hall–Kier alpha value is -1.13. The van der Waals surface area contributed by atoms with E-state index in [9.17, 15) is 15.0 Å². The Morgan fingerprint density at radius 2 is 0.594 bits per heavy atom. The van der Waals surface area contributed by atoms with Crippen molar-refractivity contribution >= 4 is 5.91 Å². The lowest BCUT2D eigenvalue weighted by atomic mass is 10.0. The highest BCUT2D eigenvalue weighted by atomic mass is 16.3. The molecule has 4 heteroatoms. The fourth-order valence-corrected chi connectivity index (χ4v) is 10.3. The topological polar surface area (TPSA) is 69.6 Å². The molecule has 3 N–H and O–H groups in total. The van der Waals surface area contributed by atoms with E-state index in [0.29, 0.717) is 12.8 Å². The summed E-state index contributed by atoms with van der Waals surface area (Å²) in [5.41, 5.74) is 0. The van der Waals surface area contributed by atoms with E-state index in [1.54, 1.807) is 0 Å². The van der Waals surface area contributed by atoms with Gasteiger partial charge in [-0.1, -0.05) is 340 Å². The average Bonchev–Trinajstić information content (AvgIpc) is 3.35. The van der Waals surface area contributed by atoms with Crippen molar-refractivity contribution < 1.29 is 15.0 Å². The third kappa shape index (κ3) is 57.6. The molecule has 0 heterocycles. The molecule has 0 aromatic rings. The van der Waals surface area contributed by atoms with Gasteiger partial charge in [0.1, 0.15) is 0 Å². The third-order valence-electron chi connectivity index (χ3n) is 15.2. The fraction of sp³-hybridized carbons (Fsp3) is 0.923. The molecule has 0 fully saturated rings. The van der Waals surface area contributed by atoms with Crippen LogP contribution in [0.5, 0.6) is 0 Å². The van der Waals surface area contributed by atoms with E-state index in [2.05, 4.69) is 43.5 Å². The summed E-state index contributed by atoms with van der Waals surface area (Å²) in [4.78, 5) is 12.5. The molecule has 0 saturated heterocycles. The van der Waals surface area contributed by atoms with Crippen molar-refractivity contribution in [2.75, 3.05) is 6.61 Å². The van der Waals surface area contributed by atoms with Gasteiger partial charge in [-0.05, 0) is 44.9 Å². The van der Waals surface area contributed by atoms with Crippen LogP contribution in [-0.4, -0.2) is 34.9 Å². The monoisotopic (exact) mass is 970 g/mol. The fourth-order valence-electron chi connectivity index (χ4n) is 10.3.